The van der Waals surface area contributed by atoms with Crippen LogP contribution >= 0.6 is 0 Å². The number of hydrogen-bond acceptors (Lipinski definition) is 4. The molecule has 0 saturated heterocycles. The van der Waals surface area contributed by atoms with Gasteiger partial charge in [-0.2, -0.15) is 0 Å². The van der Waals surface area contributed by atoms with E-state index in [2.05, 4.69) is 0 Å². The van der Waals surface area contributed by atoms with Crippen molar-refractivity contribution in [1.29, 1.82) is 0 Å². The van der Waals surface area contributed by atoms with Crippen LogP contribution in [0.15, 0.2) is 4.42 Å². The second-order valence-corrected chi connectivity index (χ2v) is 6.45. The van der Waals surface area contributed by atoms with Crippen LogP contribution in [0.4, 0.5) is 0 Å². The molecule has 16 heavy (non-hydrogen) atoms. The molecule has 1 unspecified atom stereocenters. The van der Waals surface area contributed by atoms with Crippen molar-refractivity contribution in [3.63, 3.8) is 0 Å². The van der Waals surface area contributed by atoms with Gasteiger partial charge in [0.25, 0.3) is 0 Å². The summed E-state index contributed by atoms with van der Waals surface area (Å²) in [6.07, 6.45) is 0.603. The Kier molecular flexibility index (Phi) is 3.80. The van der Waals surface area contributed by atoms with Gasteiger partial charge in [0, 0.05) is 11.8 Å². The topological polar surface area (TPSA) is 67.5 Å². The molecule has 0 spiro atoms. The van der Waals surface area contributed by atoms with Gasteiger partial charge in [-0.1, -0.05) is 0 Å². The Morgan fingerprint density at radius 3 is 2.19 bits per heavy atom. The summed E-state index contributed by atoms with van der Waals surface area (Å²) in [4.78, 5) is 0. The van der Waals surface area contributed by atoms with Gasteiger partial charge in [-0.3, -0.25) is 0 Å². The van der Waals surface area contributed by atoms with Crippen molar-refractivity contribution in [2.24, 2.45) is 0 Å². The molecule has 1 heterocycles. The van der Waals surface area contributed by atoms with E-state index in [9.17, 15) is 13.5 Å². The average Bonchev–Trinajstić information content (AvgIpc) is 2.36. The van der Waals surface area contributed by atoms with E-state index in [1.54, 1.807) is 6.92 Å². The van der Waals surface area contributed by atoms with Crippen LogP contribution in [0.25, 0.3) is 0 Å². The normalized spacial score (nSPS) is 14.1. The fourth-order valence-corrected chi connectivity index (χ4v) is 2.42. The second-order valence-electron chi connectivity index (χ2n) is 4.19. The van der Waals surface area contributed by atoms with Crippen molar-refractivity contribution < 1.29 is 17.9 Å². The Bertz CT molecular complexity index is 470. The lowest BCUT2D eigenvalue weighted by molar-refractivity contribution is 0.172. The molecule has 1 rings (SSSR count). The molecule has 0 fully saturated rings. The first kappa shape index (κ1) is 13.3. The van der Waals surface area contributed by atoms with Crippen LogP contribution in [0, 0.1) is 20.8 Å². The van der Waals surface area contributed by atoms with Gasteiger partial charge in [-0.15, -0.1) is 0 Å². The summed E-state index contributed by atoms with van der Waals surface area (Å²) in [7, 11) is -3.04. The third-order valence-corrected chi connectivity index (χ3v) is 3.69. The summed E-state index contributed by atoms with van der Waals surface area (Å²) < 4.78 is 27.4. The monoisotopic (exact) mass is 246 g/mol. The fraction of sp³-hybridized carbons (Fsp3) is 0.636. The minimum Gasteiger partial charge on any atom is -0.466 e. The lowest BCUT2D eigenvalue weighted by atomic mass is 10.0. The van der Waals surface area contributed by atoms with Crippen molar-refractivity contribution in [3.05, 3.63) is 22.6 Å². The Balaban J connectivity index is 2.85. The molecule has 0 amide bonds. The maximum absolute atomic E-state index is 11.0. The van der Waals surface area contributed by atoms with Gasteiger partial charge < -0.3 is 9.52 Å². The zero-order valence-corrected chi connectivity index (χ0v) is 10.9. The Morgan fingerprint density at radius 2 is 1.81 bits per heavy atom. The minimum absolute atomic E-state index is 0.0166. The van der Waals surface area contributed by atoms with Crippen molar-refractivity contribution in [1.82, 2.24) is 0 Å². The van der Waals surface area contributed by atoms with E-state index in [-0.39, 0.29) is 12.2 Å². The average molecular weight is 246 g/mol. The number of aryl methyl sites for hydroxylation is 2. The SMILES string of the molecule is Cc1oc(C)c(C(O)CCS(C)(=O)=O)c1C. The maximum atomic E-state index is 11.0. The summed E-state index contributed by atoms with van der Waals surface area (Å²) in [6, 6.07) is 0. The van der Waals surface area contributed by atoms with Crippen LogP contribution in [0.3, 0.4) is 0 Å². The van der Waals surface area contributed by atoms with E-state index < -0.39 is 15.9 Å². The van der Waals surface area contributed by atoms with Gasteiger partial charge in [0.15, 0.2) is 0 Å². The third-order valence-electron chi connectivity index (χ3n) is 2.71. The summed E-state index contributed by atoms with van der Waals surface area (Å²) in [6.45, 7) is 5.47. The number of aliphatic hydroxyl groups is 1. The first-order valence-corrected chi connectivity index (χ1v) is 7.20. The van der Waals surface area contributed by atoms with E-state index in [0.29, 0.717) is 5.76 Å². The van der Waals surface area contributed by atoms with Crippen LogP contribution < -0.4 is 0 Å². The van der Waals surface area contributed by atoms with E-state index in [1.165, 1.54) is 6.26 Å². The van der Waals surface area contributed by atoms with Crippen molar-refractivity contribution in [2.75, 3.05) is 12.0 Å². The molecule has 1 N–H and O–H groups in total. The third kappa shape index (κ3) is 3.09. The van der Waals surface area contributed by atoms with Crippen LogP contribution in [0.2, 0.25) is 0 Å². The van der Waals surface area contributed by atoms with E-state index in [4.69, 9.17) is 4.42 Å². The van der Waals surface area contributed by atoms with Crippen LogP contribution in [-0.2, 0) is 9.84 Å². The number of sulfone groups is 1. The first-order valence-electron chi connectivity index (χ1n) is 5.14. The van der Waals surface area contributed by atoms with Gasteiger partial charge in [-0.25, -0.2) is 8.42 Å². The predicted molar refractivity (Wildman–Crippen MR) is 62.2 cm³/mol. The van der Waals surface area contributed by atoms with Gasteiger partial charge in [-0.05, 0) is 32.8 Å². The quantitative estimate of drug-likeness (QED) is 0.877. The lowest BCUT2D eigenvalue weighted by Crippen LogP contribution is -2.09. The van der Waals surface area contributed by atoms with Crippen molar-refractivity contribution in [3.8, 4) is 0 Å². The van der Waals surface area contributed by atoms with E-state index in [0.717, 1.165) is 16.9 Å². The number of rotatable bonds is 4. The summed E-state index contributed by atoms with van der Waals surface area (Å²) in [5.74, 6) is 1.42. The van der Waals surface area contributed by atoms with Crippen LogP contribution in [-0.4, -0.2) is 25.5 Å². The molecule has 92 valence electrons. The first-order chi connectivity index (χ1) is 7.22. The molecule has 0 aliphatic heterocycles. The van der Waals surface area contributed by atoms with Crippen LogP contribution in [0.5, 0.6) is 0 Å². The highest BCUT2D eigenvalue weighted by molar-refractivity contribution is 7.90. The molecular formula is C11H18O4S. The van der Waals surface area contributed by atoms with Crippen LogP contribution in [0.1, 0.15) is 35.2 Å². The summed E-state index contributed by atoms with van der Waals surface area (Å²) >= 11 is 0. The molecule has 1 atom stereocenters. The fourth-order valence-electron chi connectivity index (χ4n) is 1.77. The van der Waals surface area contributed by atoms with Gasteiger partial charge in [0.2, 0.25) is 0 Å². The molecule has 0 bridgehead atoms. The van der Waals surface area contributed by atoms with Crippen molar-refractivity contribution >= 4 is 9.84 Å². The molecule has 0 aromatic carbocycles. The largest absolute Gasteiger partial charge is 0.466 e. The molecule has 1 aromatic rings. The highest BCUT2D eigenvalue weighted by atomic mass is 32.2. The summed E-state index contributed by atoms with van der Waals surface area (Å²) in [5.41, 5.74) is 1.62. The Morgan fingerprint density at radius 1 is 1.25 bits per heavy atom. The minimum atomic E-state index is -3.04. The molecule has 5 heteroatoms. The molecule has 0 aliphatic carbocycles. The number of furan rings is 1. The van der Waals surface area contributed by atoms with Gasteiger partial charge in [0.05, 0.1) is 11.9 Å². The highest BCUT2D eigenvalue weighted by Crippen LogP contribution is 2.28. The molecule has 1 aromatic heterocycles. The van der Waals surface area contributed by atoms with Gasteiger partial charge in [0.1, 0.15) is 21.4 Å². The summed E-state index contributed by atoms with van der Waals surface area (Å²) in [5, 5.41) is 9.93. The lowest BCUT2D eigenvalue weighted by Gasteiger charge is -2.10. The zero-order chi connectivity index (χ0) is 12.5. The smallest absolute Gasteiger partial charge is 0.147 e. The van der Waals surface area contributed by atoms with E-state index in [1.807, 2.05) is 13.8 Å². The Hall–Kier alpha value is -0.810. The molecule has 0 radical (unpaired) electrons. The second kappa shape index (κ2) is 4.59. The van der Waals surface area contributed by atoms with Gasteiger partial charge >= 0.3 is 0 Å². The maximum Gasteiger partial charge on any atom is 0.147 e. The molecule has 0 aliphatic rings. The Labute approximate surface area is 96.2 Å². The molecule has 4 nitrogen and oxygen atoms in total. The standard InChI is InChI=1S/C11H18O4S/c1-7-8(2)15-9(3)11(7)10(12)5-6-16(4,13)14/h10,12H,5-6H2,1-4H3. The van der Waals surface area contributed by atoms with Crippen molar-refractivity contribution in [2.45, 2.75) is 33.3 Å². The molecule has 0 saturated carbocycles. The highest BCUT2D eigenvalue weighted by Gasteiger charge is 2.20. The zero-order valence-electron chi connectivity index (χ0n) is 10.1. The molecular weight excluding hydrogens is 228 g/mol. The number of hydrogen-bond donors (Lipinski definition) is 1. The van der Waals surface area contributed by atoms with E-state index >= 15 is 0 Å². The predicted octanol–water partition coefficient (Wildman–Crippen LogP) is 1.67. The number of aliphatic hydroxyl groups excluding tert-OH is 1.